The van der Waals surface area contributed by atoms with Crippen LogP contribution < -0.4 is 10.1 Å². The van der Waals surface area contributed by atoms with E-state index in [2.05, 4.69) is 27.6 Å². The number of carbonyl (C=O) groups excluding carboxylic acids is 1. The molecule has 3 heterocycles. The van der Waals surface area contributed by atoms with Crippen molar-refractivity contribution in [3.8, 4) is 5.75 Å². The number of amides is 1. The van der Waals surface area contributed by atoms with E-state index in [1.807, 2.05) is 48.2 Å². The molecule has 1 saturated heterocycles. The summed E-state index contributed by atoms with van der Waals surface area (Å²) in [5, 5.41) is 11.8. The first-order valence-corrected chi connectivity index (χ1v) is 10.2. The summed E-state index contributed by atoms with van der Waals surface area (Å²) >= 11 is 0. The van der Waals surface area contributed by atoms with Crippen molar-refractivity contribution in [3.05, 3.63) is 47.7 Å². The Hall–Kier alpha value is -3.13. The van der Waals surface area contributed by atoms with Gasteiger partial charge >= 0.3 is 0 Å². The standard InChI is InChI=1S/C22H28N6O2/c1-27(2)14-20(29)28-11-10-16(13-28)18-9-8-17-21(25-26-22(17)24-18)23-12-15-6-4-5-7-19(15)30-3/h4-9,16H,10-14H2,1-3H3,(H2,23,24,25,26)/t16-/m1/s1. The molecular formula is C22H28N6O2. The molecule has 1 fully saturated rings. The number of H-pyrrole nitrogens is 1. The Balaban J connectivity index is 1.44. The van der Waals surface area contributed by atoms with Crippen molar-refractivity contribution in [1.82, 2.24) is 25.0 Å². The topological polar surface area (TPSA) is 86.4 Å². The quantitative estimate of drug-likeness (QED) is 0.625. The lowest BCUT2D eigenvalue weighted by molar-refractivity contribution is -0.130. The predicted molar refractivity (Wildman–Crippen MR) is 117 cm³/mol. The summed E-state index contributed by atoms with van der Waals surface area (Å²) in [6.45, 7) is 2.56. The number of aromatic amines is 1. The van der Waals surface area contributed by atoms with E-state index in [9.17, 15) is 4.79 Å². The highest BCUT2D eigenvalue weighted by Crippen LogP contribution is 2.29. The number of hydrogen-bond acceptors (Lipinski definition) is 6. The van der Waals surface area contributed by atoms with Crippen LogP contribution in [0, 0.1) is 0 Å². The lowest BCUT2D eigenvalue weighted by Gasteiger charge is -2.19. The zero-order valence-electron chi connectivity index (χ0n) is 17.7. The fourth-order valence-electron chi connectivity index (χ4n) is 3.91. The van der Waals surface area contributed by atoms with Gasteiger partial charge in [0.15, 0.2) is 11.5 Å². The van der Waals surface area contributed by atoms with E-state index in [-0.39, 0.29) is 11.8 Å². The summed E-state index contributed by atoms with van der Waals surface area (Å²) < 4.78 is 5.41. The van der Waals surface area contributed by atoms with E-state index >= 15 is 0 Å². The van der Waals surface area contributed by atoms with E-state index in [1.165, 1.54) is 0 Å². The molecule has 0 radical (unpaired) electrons. The third kappa shape index (κ3) is 4.23. The summed E-state index contributed by atoms with van der Waals surface area (Å²) in [4.78, 5) is 20.9. The molecule has 1 amide bonds. The van der Waals surface area contributed by atoms with Gasteiger partial charge in [0.1, 0.15) is 5.75 Å². The molecule has 1 aromatic carbocycles. The first kappa shape index (κ1) is 20.2. The monoisotopic (exact) mass is 408 g/mol. The molecule has 4 rings (SSSR count). The van der Waals surface area contributed by atoms with Gasteiger partial charge in [0.25, 0.3) is 0 Å². The Labute approximate surface area is 176 Å². The van der Waals surface area contributed by atoms with E-state index in [1.54, 1.807) is 7.11 Å². The molecular weight excluding hydrogens is 380 g/mol. The van der Waals surface area contributed by atoms with Gasteiger partial charge in [-0.2, -0.15) is 5.10 Å². The second-order valence-electron chi connectivity index (χ2n) is 7.93. The smallest absolute Gasteiger partial charge is 0.236 e. The highest BCUT2D eigenvalue weighted by atomic mass is 16.5. The van der Waals surface area contributed by atoms with Crippen LogP contribution in [-0.4, -0.2) is 71.7 Å². The normalized spacial score (nSPS) is 16.4. The number of hydrogen-bond donors (Lipinski definition) is 2. The van der Waals surface area contributed by atoms with Crippen LogP contribution in [0.1, 0.15) is 23.6 Å². The van der Waals surface area contributed by atoms with Crippen molar-refractivity contribution in [2.24, 2.45) is 0 Å². The summed E-state index contributed by atoms with van der Waals surface area (Å²) in [5.41, 5.74) is 2.82. The van der Waals surface area contributed by atoms with Crippen molar-refractivity contribution in [2.45, 2.75) is 18.9 Å². The zero-order chi connectivity index (χ0) is 21.1. The van der Waals surface area contributed by atoms with Crippen LogP contribution >= 0.6 is 0 Å². The molecule has 8 heteroatoms. The van der Waals surface area contributed by atoms with E-state index in [0.717, 1.165) is 53.4 Å². The molecule has 1 atom stereocenters. The van der Waals surface area contributed by atoms with Crippen molar-refractivity contribution >= 4 is 22.8 Å². The average molecular weight is 409 g/mol. The number of carbonyl (C=O) groups is 1. The van der Waals surface area contributed by atoms with Crippen molar-refractivity contribution in [2.75, 3.05) is 46.2 Å². The summed E-state index contributed by atoms with van der Waals surface area (Å²) in [5.74, 6) is 2.05. The molecule has 1 aliphatic rings. The van der Waals surface area contributed by atoms with Gasteiger partial charge in [-0.1, -0.05) is 18.2 Å². The fourth-order valence-corrected chi connectivity index (χ4v) is 3.91. The summed E-state index contributed by atoms with van der Waals surface area (Å²) in [7, 11) is 5.50. The number of nitrogens with zero attached hydrogens (tertiary/aromatic N) is 4. The van der Waals surface area contributed by atoms with Crippen LogP contribution in [-0.2, 0) is 11.3 Å². The Bertz CT molecular complexity index is 1030. The highest BCUT2D eigenvalue weighted by molar-refractivity contribution is 5.87. The van der Waals surface area contributed by atoms with Crippen LogP contribution in [0.3, 0.4) is 0 Å². The maximum atomic E-state index is 12.3. The van der Waals surface area contributed by atoms with Gasteiger partial charge in [-0.25, -0.2) is 4.98 Å². The second-order valence-corrected chi connectivity index (χ2v) is 7.93. The van der Waals surface area contributed by atoms with E-state index in [0.29, 0.717) is 13.1 Å². The molecule has 0 saturated carbocycles. The number of methoxy groups -OCH3 is 1. The predicted octanol–water partition coefficient (Wildman–Crippen LogP) is 2.46. The number of anilines is 1. The second kappa shape index (κ2) is 8.71. The number of ether oxygens (including phenoxy) is 1. The minimum Gasteiger partial charge on any atom is -0.496 e. The Morgan fingerprint density at radius 1 is 1.30 bits per heavy atom. The van der Waals surface area contributed by atoms with Gasteiger partial charge in [-0.3, -0.25) is 9.89 Å². The third-order valence-electron chi connectivity index (χ3n) is 5.50. The van der Waals surface area contributed by atoms with E-state index < -0.39 is 0 Å². The molecule has 2 aromatic heterocycles. The lowest BCUT2D eigenvalue weighted by atomic mass is 10.0. The number of fused-ring (bicyclic) bond motifs is 1. The van der Waals surface area contributed by atoms with Crippen molar-refractivity contribution < 1.29 is 9.53 Å². The Kier molecular flexibility index (Phi) is 5.85. The summed E-state index contributed by atoms with van der Waals surface area (Å²) in [6.07, 6.45) is 0.935. The van der Waals surface area contributed by atoms with Crippen LogP contribution in [0.5, 0.6) is 5.75 Å². The molecule has 3 aromatic rings. The van der Waals surface area contributed by atoms with Crippen LogP contribution in [0.4, 0.5) is 5.82 Å². The minimum atomic E-state index is 0.174. The van der Waals surface area contributed by atoms with Gasteiger partial charge in [-0.15, -0.1) is 0 Å². The van der Waals surface area contributed by atoms with Crippen molar-refractivity contribution in [1.29, 1.82) is 0 Å². The molecule has 0 aliphatic carbocycles. The number of likely N-dealkylation sites (tertiary alicyclic amines) is 1. The molecule has 0 unspecified atom stereocenters. The molecule has 2 N–H and O–H groups in total. The lowest BCUT2D eigenvalue weighted by Crippen LogP contribution is -2.36. The third-order valence-corrected chi connectivity index (χ3v) is 5.50. The molecule has 0 bridgehead atoms. The van der Waals surface area contributed by atoms with E-state index in [4.69, 9.17) is 9.72 Å². The number of aromatic nitrogens is 3. The van der Waals surface area contributed by atoms with Gasteiger partial charge in [0.05, 0.1) is 19.0 Å². The molecule has 8 nitrogen and oxygen atoms in total. The number of pyridine rings is 1. The number of benzene rings is 1. The van der Waals surface area contributed by atoms with Crippen LogP contribution in [0.15, 0.2) is 36.4 Å². The maximum absolute atomic E-state index is 12.3. The number of rotatable bonds is 7. The maximum Gasteiger partial charge on any atom is 0.236 e. The number of nitrogens with one attached hydrogen (secondary N) is 2. The largest absolute Gasteiger partial charge is 0.496 e. The number of para-hydroxylation sites is 1. The van der Waals surface area contributed by atoms with Crippen molar-refractivity contribution in [3.63, 3.8) is 0 Å². The van der Waals surface area contributed by atoms with Crippen LogP contribution in [0.2, 0.25) is 0 Å². The zero-order valence-corrected chi connectivity index (χ0v) is 17.7. The number of likely N-dealkylation sites (N-methyl/N-ethyl adjacent to an activating group) is 1. The SMILES string of the molecule is COc1ccccc1CNc1n[nH]c2nc([C@@H]3CCN(C(=O)CN(C)C)C3)ccc12. The molecule has 1 aliphatic heterocycles. The Morgan fingerprint density at radius 2 is 2.13 bits per heavy atom. The first-order valence-electron chi connectivity index (χ1n) is 10.2. The molecule has 0 spiro atoms. The van der Waals surface area contributed by atoms with Gasteiger partial charge in [0, 0.05) is 36.8 Å². The fraction of sp³-hybridized carbons (Fsp3) is 0.409. The van der Waals surface area contributed by atoms with Gasteiger partial charge in [-0.05, 0) is 38.7 Å². The Morgan fingerprint density at radius 3 is 2.93 bits per heavy atom. The average Bonchev–Trinajstić information content (AvgIpc) is 3.39. The summed E-state index contributed by atoms with van der Waals surface area (Å²) in [6, 6.07) is 12.0. The van der Waals surface area contributed by atoms with Gasteiger partial charge in [0.2, 0.25) is 5.91 Å². The van der Waals surface area contributed by atoms with Gasteiger partial charge < -0.3 is 19.9 Å². The highest BCUT2D eigenvalue weighted by Gasteiger charge is 2.28. The molecule has 30 heavy (non-hydrogen) atoms. The molecule has 158 valence electrons. The minimum absolute atomic E-state index is 0.174. The first-order chi connectivity index (χ1) is 14.5. The van der Waals surface area contributed by atoms with Crippen LogP contribution in [0.25, 0.3) is 11.0 Å².